The van der Waals surface area contributed by atoms with Crippen molar-refractivity contribution < 1.29 is 8.42 Å². The standard InChI is InChI=1S/C17H30N4O2S2/c1-4-19-17(21-14-7-5-13(6-8-14)12(2)3)20-11-15-9-10-16(24-15)25(18,22)23/h9-10,12-14H,4-8,11H2,1-3H3,(H2,18,22,23)(H2,19,20,21). The predicted molar refractivity (Wildman–Crippen MR) is 104 cm³/mol. The summed E-state index contributed by atoms with van der Waals surface area (Å²) in [6, 6.07) is 3.76. The maximum Gasteiger partial charge on any atom is 0.247 e. The third-order valence-corrected chi connectivity index (χ3v) is 7.22. The van der Waals surface area contributed by atoms with E-state index in [-0.39, 0.29) is 4.21 Å². The van der Waals surface area contributed by atoms with E-state index in [1.54, 1.807) is 12.1 Å². The van der Waals surface area contributed by atoms with Gasteiger partial charge in [-0.05, 0) is 56.6 Å². The molecule has 1 saturated carbocycles. The molecule has 0 unspecified atom stereocenters. The Morgan fingerprint density at radius 3 is 2.52 bits per heavy atom. The molecular weight excluding hydrogens is 356 g/mol. The first-order valence-electron chi connectivity index (χ1n) is 8.96. The van der Waals surface area contributed by atoms with Crippen LogP contribution in [0.4, 0.5) is 0 Å². The highest BCUT2D eigenvalue weighted by molar-refractivity contribution is 7.91. The summed E-state index contributed by atoms with van der Waals surface area (Å²) in [5.74, 6) is 2.39. The highest BCUT2D eigenvalue weighted by atomic mass is 32.2. The third-order valence-electron chi connectivity index (χ3n) is 4.71. The van der Waals surface area contributed by atoms with Crippen molar-refractivity contribution in [1.29, 1.82) is 0 Å². The molecule has 0 radical (unpaired) electrons. The van der Waals surface area contributed by atoms with Gasteiger partial charge in [-0.1, -0.05) is 13.8 Å². The minimum absolute atomic E-state index is 0.183. The van der Waals surface area contributed by atoms with Crippen LogP contribution in [0.5, 0.6) is 0 Å². The van der Waals surface area contributed by atoms with Crippen molar-refractivity contribution in [2.45, 2.75) is 63.3 Å². The van der Waals surface area contributed by atoms with Gasteiger partial charge in [-0.25, -0.2) is 18.5 Å². The molecule has 6 nitrogen and oxygen atoms in total. The molecular formula is C17H30N4O2S2. The summed E-state index contributed by atoms with van der Waals surface area (Å²) in [4.78, 5) is 5.48. The molecule has 0 saturated heterocycles. The Bertz CT molecular complexity index is 675. The summed E-state index contributed by atoms with van der Waals surface area (Å²) >= 11 is 1.17. The van der Waals surface area contributed by atoms with Crippen molar-refractivity contribution in [1.82, 2.24) is 10.6 Å². The van der Waals surface area contributed by atoms with Crippen LogP contribution >= 0.6 is 11.3 Å². The Balaban J connectivity index is 1.93. The molecule has 0 aliphatic heterocycles. The van der Waals surface area contributed by atoms with Crippen LogP contribution in [0.3, 0.4) is 0 Å². The lowest BCUT2D eigenvalue weighted by atomic mass is 9.80. The summed E-state index contributed by atoms with van der Waals surface area (Å²) in [5.41, 5.74) is 0. The van der Waals surface area contributed by atoms with E-state index in [1.807, 2.05) is 6.92 Å². The molecule has 1 aliphatic rings. The fourth-order valence-corrected chi connectivity index (χ4v) is 4.90. The van der Waals surface area contributed by atoms with Crippen molar-refractivity contribution in [3.8, 4) is 0 Å². The number of hydrogen-bond donors (Lipinski definition) is 3. The Kier molecular flexibility index (Phi) is 7.27. The Labute approximate surface area is 155 Å². The topological polar surface area (TPSA) is 96.6 Å². The van der Waals surface area contributed by atoms with Crippen LogP contribution in [0.1, 0.15) is 51.3 Å². The highest BCUT2D eigenvalue weighted by Crippen LogP contribution is 2.29. The zero-order chi connectivity index (χ0) is 18.4. The van der Waals surface area contributed by atoms with E-state index < -0.39 is 10.0 Å². The third kappa shape index (κ3) is 6.27. The van der Waals surface area contributed by atoms with E-state index in [1.165, 1.54) is 37.0 Å². The van der Waals surface area contributed by atoms with Crippen molar-refractivity contribution in [2.75, 3.05) is 6.54 Å². The smallest absolute Gasteiger partial charge is 0.247 e. The highest BCUT2D eigenvalue weighted by Gasteiger charge is 2.23. The molecule has 1 aromatic rings. The van der Waals surface area contributed by atoms with Gasteiger partial charge >= 0.3 is 0 Å². The fourth-order valence-electron chi connectivity index (χ4n) is 3.20. The Hall–Kier alpha value is -1.12. The summed E-state index contributed by atoms with van der Waals surface area (Å²) < 4.78 is 22.9. The van der Waals surface area contributed by atoms with Gasteiger partial charge in [-0.3, -0.25) is 0 Å². The molecule has 1 aliphatic carbocycles. The van der Waals surface area contributed by atoms with E-state index >= 15 is 0 Å². The number of thiophene rings is 1. The summed E-state index contributed by atoms with van der Waals surface area (Å²) in [6.07, 6.45) is 4.86. The molecule has 1 fully saturated rings. The monoisotopic (exact) mass is 386 g/mol. The van der Waals surface area contributed by atoms with Crippen LogP contribution in [0.15, 0.2) is 21.3 Å². The van der Waals surface area contributed by atoms with E-state index in [2.05, 4.69) is 29.5 Å². The van der Waals surface area contributed by atoms with Gasteiger partial charge in [0, 0.05) is 17.5 Å². The van der Waals surface area contributed by atoms with Crippen LogP contribution in [-0.2, 0) is 16.6 Å². The lowest BCUT2D eigenvalue weighted by Crippen LogP contribution is -2.45. The average Bonchev–Trinajstić information content (AvgIpc) is 3.02. The minimum atomic E-state index is -3.63. The number of guanidine groups is 1. The normalized spacial score (nSPS) is 22.2. The number of nitrogens with zero attached hydrogens (tertiary/aromatic N) is 1. The van der Waals surface area contributed by atoms with Crippen molar-refractivity contribution in [3.63, 3.8) is 0 Å². The second kappa shape index (κ2) is 9.00. The van der Waals surface area contributed by atoms with Crippen LogP contribution in [0.2, 0.25) is 0 Å². The van der Waals surface area contributed by atoms with E-state index in [0.29, 0.717) is 12.6 Å². The molecule has 0 spiro atoms. The molecule has 4 N–H and O–H groups in total. The molecule has 142 valence electrons. The number of primary sulfonamides is 1. The molecule has 2 rings (SSSR count). The van der Waals surface area contributed by atoms with Gasteiger partial charge in [0.25, 0.3) is 0 Å². The SMILES string of the molecule is CCNC(=NCc1ccc(S(N)(=O)=O)s1)NC1CCC(C(C)C)CC1. The first-order valence-corrected chi connectivity index (χ1v) is 11.3. The van der Waals surface area contributed by atoms with E-state index in [4.69, 9.17) is 5.14 Å². The molecule has 25 heavy (non-hydrogen) atoms. The first kappa shape index (κ1) is 20.2. The van der Waals surface area contributed by atoms with Gasteiger partial charge in [0.2, 0.25) is 10.0 Å². The van der Waals surface area contributed by atoms with E-state index in [9.17, 15) is 8.42 Å². The molecule has 1 heterocycles. The lowest BCUT2D eigenvalue weighted by molar-refractivity contribution is 0.250. The van der Waals surface area contributed by atoms with Gasteiger partial charge in [0.1, 0.15) is 4.21 Å². The number of rotatable bonds is 6. The molecule has 1 aromatic heterocycles. The van der Waals surface area contributed by atoms with Crippen LogP contribution in [-0.4, -0.2) is 27.0 Å². The van der Waals surface area contributed by atoms with Crippen LogP contribution in [0, 0.1) is 11.8 Å². The first-order chi connectivity index (χ1) is 11.8. The van der Waals surface area contributed by atoms with Crippen molar-refractivity contribution in [2.24, 2.45) is 22.0 Å². The second-order valence-corrected chi connectivity index (χ2v) is 9.92. The number of nitrogens with one attached hydrogen (secondary N) is 2. The van der Waals surface area contributed by atoms with Crippen LogP contribution in [0.25, 0.3) is 0 Å². The average molecular weight is 387 g/mol. The quantitative estimate of drug-likeness (QED) is 0.517. The largest absolute Gasteiger partial charge is 0.357 e. The number of sulfonamides is 1. The van der Waals surface area contributed by atoms with Gasteiger partial charge in [-0.2, -0.15) is 0 Å². The number of hydrogen-bond acceptors (Lipinski definition) is 4. The predicted octanol–water partition coefficient (Wildman–Crippen LogP) is 2.67. The maximum absolute atomic E-state index is 11.4. The lowest BCUT2D eigenvalue weighted by Gasteiger charge is -2.32. The zero-order valence-electron chi connectivity index (χ0n) is 15.3. The molecule has 0 aromatic carbocycles. The second-order valence-electron chi connectivity index (χ2n) is 6.96. The van der Waals surface area contributed by atoms with Gasteiger partial charge in [0.05, 0.1) is 6.54 Å². The number of nitrogens with two attached hydrogens (primary N) is 1. The van der Waals surface area contributed by atoms with Crippen LogP contribution < -0.4 is 15.8 Å². The van der Waals surface area contributed by atoms with Gasteiger partial charge < -0.3 is 10.6 Å². The molecule has 0 bridgehead atoms. The molecule has 0 atom stereocenters. The number of aliphatic imine (C=N–C) groups is 1. The van der Waals surface area contributed by atoms with Crippen molar-refractivity contribution >= 4 is 27.3 Å². The summed E-state index contributed by atoms with van der Waals surface area (Å²) in [7, 11) is -3.63. The Morgan fingerprint density at radius 1 is 1.32 bits per heavy atom. The van der Waals surface area contributed by atoms with Gasteiger partial charge in [-0.15, -0.1) is 11.3 Å². The summed E-state index contributed by atoms with van der Waals surface area (Å²) in [5, 5.41) is 11.9. The summed E-state index contributed by atoms with van der Waals surface area (Å²) in [6.45, 7) is 7.88. The minimum Gasteiger partial charge on any atom is -0.357 e. The Morgan fingerprint density at radius 2 is 2.00 bits per heavy atom. The molecule has 8 heteroatoms. The van der Waals surface area contributed by atoms with Crippen molar-refractivity contribution in [3.05, 3.63) is 17.0 Å². The fraction of sp³-hybridized carbons (Fsp3) is 0.706. The zero-order valence-corrected chi connectivity index (χ0v) is 16.9. The van der Waals surface area contributed by atoms with E-state index in [0.717, 1.165) is 29.2 Å². The maximum atomic E-state index is 11.4. The molecule has 0 amide bonds. The van der Waals surface area contributed by atoms with Gasteiger partial charge in [0.15, 0.2) is 5.96 Å².